The Balaban J connectivity index is 2.39. The quantitative estimate of drug-likeness (QED) is 0.615. The molecule has 0 aliphatic carbocycles. The average Bonchev–Trinajstić information content (AvgIpc) is 1.86. The minimum Gasteiger partial charge on any atom is -0.325 e. The molecule has 0 aromatic heterocycles. The summed E-state index contributed by atoms with van der Waals surface area (Å²) in [5, 5.41) is 0. The van der Waals surface area contributed by atoms with Gasteiger partial charge in [-0.15, -0.1) is 0 Å². The molecule has 1 aliphatic heterocycles. The van der Waals surface area contributed by atoms with E-state index in [1.165, 1.54) is 25.9 Å². The molecular formula is C9H20N2. The molecule has 1 rings (SSSR count). The standard InChI is InChI=1S/C9H20N2/c1-9(2,10)8-4-6-11(3)7-5-8/h8H,4-7,10H2,1-3H3. The molecule has 2 N–H and O–H groups in total. The van der Waals surface area contributed by atoms with Gasteiger partial charge in [-0.3, -0.25) is 0 Å². The summed E-state index contributed by atoms with van der Waals surface area (Å²) < 4.78 is 0. The molecule has 1 saturated heterocycles. The van der Waals surface area contributed by atoms with Crippen LogP contribution < -0.4 is 5.73 Å². The summed E-state index contributed by atoms with van der Waals surface area (Å²) in [7, 11) is 2.18. The molecule has 0 atom stereocenters. The van der Waals surface area contributed by atoms with E-state index in [1.807, 2.05) is 0 Å². The summed E-state index contributed by atoms with van der Waals surface area (Å²) in [6.45, 7) is 6.71. The van der Waals surface area contributed by atoms with Crippen LogP contribution in [0.25, 0.3) is 0 Å². The van der Waals surface area contributed by atoms with Crippen molar-refractivity contribution in [1.82, 2.24) is 4.90 Å². The van der Waals surface area contributed by atoms with Crippen molar-refractivity contribution >= 4 is 0 Å². The van der Waals surface area contributed by atoms with Crippen LogP contribution in [0.3, 0.4) is 0 Å². The highest BCUT2D eigenvalue weighted by Crippen LogP contribution is 2.25. The number of likely N-dealkylation sites (tertiary alicyclic amines) is 1. The van der Waals surface area contributed by atoms with E-state index in [-0.39, 0.29) is 5.54 Å². The molecule has 0 bridgehead atoms. The van der Waals surface area contributed by atoms with Gasteiger partial charge in [0.1, 0.15) is 0 Å². The second kappa shape index (κ2) is 3.11. The summed E-state index contributed by atoms with van der Waals surface area (Å²) in [5.41, 5.74) is 6.07. The Labute approximate surface area is 69.8 Å². The minimum absolute atomic E-state index is 0.0290. The van der Waals surface area contributed by atoms with E-state index in [0.717, 1.165) is 5.92 Å². The van der Waals surface area contributed by atoms with Crippen molar-refractivity contribution < 1.29 is 0 Å². The lowest BCUT2D eigenvalue weighted by molar-refractivity contribution is 0.166. The molecule has 2 heteroatoms. The van der Waals surface area contributed by atoms with Crippen LogP contribution in [-0.2, 0) is 0 Å². The smallest absolute Gasteiger partial charge is 0.0126 e. The van der Waals surface area contributed by atoms with E-state index in [9.17, 15) is 0 Å². The first-order chi connectivity index (χ1) is 5.00. The summed E-state index contributed by atoms with van der Waals surface area (Å²) in [4.78, 5) is 2.38. The van der Waals surface area contributed by atoms with Crippen molar-refractivity contribution in [1.29, 1.82) is 0 Å². The van der Waals surface area contributed by atoms with Crippen molar-refractivity contribution in [3.05, 3.63) is 0 Å². The zero-order valence-electron chi connectivity index (χ0n) is 7.93. The van der Waals surface area contributed by atoms with E-state index in [2.05, 4.69) is 25.8 Å². The Morgan fingerprint density at radius 2 is 1.73 bits per heavy atom. The minimum atomic E-state index is 0.0290. The predicted octanol–water partition coefficient (Wildman–Crippen LogP) is 1.07. The molecule has 0 aromatic rings. The van der Waals surface area contributed by atoms with Gasteiger partial charge in [0.25, 0.3) is 0 Å². The molecule has 1 fully saturated rings. The maximum absolute atomic E-state index is 6.04. The Morgan fingerprint density at radius 1 is 1.27 bits per heavy atom. The summed E-state index contributed by atoms with van der Waals surface area (Å²) in [6.07, 6.45) is 2.53. The monoisotopic (exact) mass is 156 g/mol. The Kier molecular flexibility index (Phi) is 2.55. The molecule has 0 amide bonds. The average molecular weight is 156 g/mol. The van der Waals surface area contributed by atoms with Crippen LogP contribution in [0.15, 0.2) is 0 Å². The van der Waals surface area contributed by atoms with E-state index in [4.69, 9.17) is 5.73 Å². The third-order valence-electron chi connectivity index (χ3n) is 2.77. The number of piperidine rings is 1. The second-order valence-corrected chi connectivity index (χ2v) is 4.40. The van der Waals surface area contributed by atoms with Gasteiger partial charge >= 0.3 is 0 Å². The van der Waals surface area contributed by atoms with E-state index in [0.29, 0.717) is 0 Å². The summed E-state index contributed by atoms with van der Waals surface area (Å²) >= 11 is 0. The van der Waals surface area contributed by atoms with Crippen LogP contribution in [0.2, 0.25) is 0 Å². The van der Waals surface area contributed by atoms with Crippen molar-refractivity contribution in [2.75, 3.05) is 20.1 Å². The normalized spacial score (nSPS) is 24.0. The van der Waals surface area contributed by atoms with Gasteiger partial charge in [0.15, 0.2) is 0 Å². The fourth-order valence-electron chi connectivity index (χ4n) is 1.75. The van der Waals surface area contributed by atoms with E-state index < -0.39 is 0 Å². The topological polar surface area (TPSA) is 29.3 Å². The van der Waals surface area contributed by atoms with Crippen LogP contribution in [0.4, 0.5) is 0 Å². The maximum atomic E-state index is 6.04. The molecule has 0 unspecified atom stereocenters. The third-order valence-corrected chi connectivity index (χ3v) is 2.77. The SMILES string of the molecule is CN1CCC(C(C)(C)N)CC1. The lowest BCUT2D eigenvalue weighted by Crippen LogP contribution is -2.46. The molecule has 11 heavy (non-hydrogen) atoms. The van der Waals surface area contributed by atoms with Crippen molar-refractivity contribution in [2.24, 2.45) is 11.7 Å². The summed E-state index contributed by atoms with van der Waals surface area (Å²) in [6, 6.07) is 0. The van der Waals surface area contributed by atoms with Crippen LogP contribution in [0.1, 0.15) is 26.7 Å². The number of hydrogen-bond donors (Lipinski definition) is 1. The number of nitrogens with zero attached hydrogens (tertiary/aromatic N) is 1. The molecule has 0 saturated carbocycles. The van der Waals surface area contributed by atoms with Crippen LogP contribution >= 0.6 is 0 Å². The fraction of sp³-hybridized carbons (Fsp3) is 1.00. The predicted molar refractivity (Wildman–Crippen MR) is 48.5 cm³/mol. The molecule has 0 aromatic carbocycles. The Bertz CT molecular complexity index is 118. The maximum Gasteiger partial charge on any atom is 0.0126 e. The van der Waals surface area contributed by atoms with Crippen molar-refractivity contribution in [3.8, 4) is 0 Å². The zero-order valence-corrected chi connectivity index (χ0v) is 7.93. The first-order valence-corrected chi connectivity index (χ1v) is 4.47. The first-order valence-electron chi connectivity index (χ1n) is 4.47. The highest BCUT2D eigenvalue weighted by molar-refractivity contribution is 4.85. The molecule has 0 spiro atoms. The fourth-order valence-corrected chi connectivity index (χ4v) is 1.75. The Hall–Kier alpha value is -0.0800. The molecule has 66 valence electrons. The van der Waals surface area contributed by atoms with Gasteiger partial charge in [0.05, 0.1) is 0 Å². The zero-order chi connectivity index (χ0) is 8.48. The van der Waals surface area contributed by atoms with Gasteiger partial charge in [0.2, 0.25) is 0 Å². The lowest BCUT2D eigenvalue weighted by atomic mass is 9.81. The van der Waals surface area contributed by atoms with Crippen molar-refractivity contribution in [3.63, 3.8) is 0 Å². The molecule has 1 heterocycles. The Morgan fingerprint density at radius 3 is 2.09 bits per heavy atom. The summed E-state index contributed by atoms with van der Waals surface area (Å²) in [5.74, 6) is 0.721. The van der Waals surface area contributed by atoms with Crippen molar-refractivity contribution in [2.45, 2.75) is 32.2 Å². The first kappa shape index (κ1) is 9.01. The van der Waals surface area contributed by atoms with E-state index >= 15 is 0 Å². The van der Waals surface area contributed by atoms with Gasteiger partial charge in [0, 0.05) is 5.54 Å². The number of rotatable bonds is 1. The van der Waals surface area contributed by atoms with Gasteiger partial charge < -0.3 is 10.6 Å². The molecular weight excluding hydrogens is 136 g/mol. The highest BCUT2D eigenvalue weighted by atomic mass is 15.1. The largest absolute Gasteiger partial charge is 0.325 e. The molecule has 2 nitrogen and oxygen atoms in total. The molecule has 1 aliphatic rings. The van der Waals surface area contributed by atoms with Gasteiger partial charge in [-0.05, 0) is 52.7 Å². The lowest BCUT2D eigenvalue weighted by Gasteiger charge is -2.37. The third kappa shape index (κ3) is 2.46. The van der Waals surface area contributed by atoms with E-state index in [1.54, 1.807) is 0 Å². The van der Waals surface area contributed by atoms with Crippen LogP contribution in [0.5, 0.6) is 0 Å². The number of hydrogen-bond acceptors (Lipinski definition) is 2. The van der Waals surface area contributed by atoms with Crippen LogP contribution in [0, 0.1) is 5.92 Å². The highest BCUT2D eigenvalue weighted by Gasteiger charge is 2.27. The van der Waals surface area contributed by atoms with Crippen LogP contribution in [-0.4, -0.2) is 30.6 Å². The van der Waals surface area contributed by atoms with Gasteiger partial charge in [-0.2, -0.15) is 0 Å². The number of nitrogens with two attached hydrogens (primary N) is 1. The second-order valence-electron chi connectivity index (χ2n) is 4.40. The van der Waals surface area contributed by atoms with Gasteiger partial charge in [-0.25, -0.2) is 0 Å². The molecule has 0 radical (unpaired) electrons. The van der Waals surface area contributed by atoms with Gasteiger partial charge in [-0.1, -0.05) is 0 Å².